The van der Waals surface area contributed by atoms with Crippen LogP contribution < -0.4 is 9.47 Å². The number of ether oxygens (including phenoxy) is 2. The van der Waals surface area contributed by atoms with E-state index < -0.39 is 5.97 Å². The van der Waals surface area contributed by atoms with Crippen molar-refractivity contribution in [1.82, 2.24) is 0 Å². The number of carbonyl (C=O) groups excluding carboxylic acids is 1. The third-order valence-corrected chi connectivity index (χ3v) is 3.93. The Kier molecular flexibility index (Phi) is 5.43. The number of esters is 1. The van der Waals surface area contributed by atoms with Crippen LogP contribution in [0.1, 0.15) is 42.0 Å². The first-order chi connectivity index (χ1) is 10.9. The molecule has 23 heavy (non-hydrogen) atoms. The molecule has 0 aliphatic carbocycles. The monoisotopic (exact) mass is 312 g/mol. The number of hydrogen-bond donors (Lipinski definition) is 0. The Bertz CT molecular complexity index is 702. The van der Waals surface area contributed by atoms with Crippen LogP contribution in [0.25, 0.3) is 0 Å². The molecule has 3 nitrogen and oxygen atoms in total. The molecule has 0 unspecified atom stereocenters. The maximum absolute atomic E-state index is 11.9. The summed E-state index contributed by atoms with van der Waals surface area (Å²) in [5.74, 6) is 1.30. The highest BCUT2D eigenvalue weighted by Gasteiger charge is 2.09. The van der Waals surface area contributed by atoms with Crippen LogP contribution in [0.3, 0.4) is 0 Å². The van der Waals surface area contributed by atoms with Gasteiger partial charge >= 0.3 is 5.97 Å². The van der Waals surface area contributed by atoms with Crippen LogP contribution in [0.5, 0.6) is 11.5 Å². The summed E-state index contributed by atoms with van der Waals surface area (Å²) in [6.45, 7) is 10.3. The second-order valence-electron chi connectivity index (χ2n) is 6.18. The molecule has 2 rings (SSSR count). The van der Waals surface area contributed by atoms with Crippen molar-refractivity contribution in [2.24, 2.45) is 0 Å². The Morgan fingerprint density at radius 2 is 1.57 bits per heavy atom. The number of carbonyl (C=O) groups is 1. The first-order valence-corrected chi connectivity index (χ1v) is 7.88. The molecule has 0 spiro atoms. The SMILES string of the molecule is Cc1ccc(OC(=O)COc2ccc(C(C)C)c(C)c2)cc1C. The zero-order valence-electron chi connectivity index (χ0n) is 14.5. The van der Waals surface area contributed by atoms with Crippen molar-refractivity contribution in [2.75, 3.05) is 6.61 Å². The maximum atomic E-state index is 11.9. The summed E-state index contributed by atoms with van der Waals surface area (Å²) in [7, 11) is 0. The van der Waals surface area contributed by atoms with Crippen molar-refractivity contribution in [3.05, 3.63) is 58.7 Å². The van der Waals surface area contributed by atoms with Gasteiger partial charge in [0.2, 0.25) is 0 Å². The van der Waals surface area contributed by atoms with Crippen LogP contribution >= 0.6 is 0 Å². The normalized spacial score (nSPS) is 10.7. The molecule has 2 aromatic rings. The molecule has 0 bridgehead atoms. The minimum Gasteiger partial charge on any atom is -0.482 e. The van der Waals surface area contributed by atoms with Gasteiger partial charge in [0.1, 0.15) is 11.5 Å². The lowest BCUT2D eigenvalue weighted by Crippen LogP contribution is -2.17. The largest absolute Gasteiger partial charge is 0.482 e. The third kappa shape index (κ3) is 4.59. The molecule has 0 aliphatic heterocycles. The van der Waals surface area contributed by atoms with Crippen LogP contribution in [0.2, 0.25) is 0 Å². The van der Waals surface area contributed by atoms with Crippen molar-refractivity contribution in [3.8, 4) is 11.5 Å². The van der Waals surface area contributed by atoms with Gasteiger partial charge in [-0.15, -0.1) is 0 Å². The van der Waals surface area contributed by atoms with E-state index in [1.165, 1.54) is 16.7 Å². The van der Waals surface area contributed by atoms with Gasteiger partial charge in [0.05, 0.1) is 0 Å². The van der Waals surface area contributed by atoms with E-state index in [0.29, 0.717) is 17.4 Å². The molecule has 0 fully saturated rings. The summed E-state index contributed by atoms with van der Waals surface area (Å²) in [5.41, 5.74) is 4.72. The quantitative estimate of drug-likeness (QED) is 0.592. The summed E-state index contributed by atoms with van der Waals surface area (Å²) in [4.78, 5) is 11.9. The highest BCUT2D eigenvalue weighted by Crippen LogP contribution is 2.23. The summed E-state index contributed by atoms with van der Waals surface area (Å²) in [6, 6.07) is 11.5. The maximum Gasteiger partial charge on any atom is 0.349 e. The minimum atomic E-state index is -0.404. The van der Waals surface area contributed by atoms with E-state index in [2.05, 4.69) is 20.8 Å². The van der Waals surface area contributed by atoms with Crippen molar-refractivity contribution < 1.29 is 14.3 Å². The second-order valence-corrected chi connectivity index (χ2v) is 6.18. The minimum absolute atomic E-state index is 0.104. The van der Waals surface area contributed by atoms with Gasteiger partial charge in [0.15, 0.2) is 6.61 Å². The lowest BCUT2D eigenvalue weighted by molar-refractivity contribution is -0.136. The van der Waals surface area contributed by atoms with Gasteiger partial charge in [-0.3, -0.25) is 0 Å². The molecule has 0 saturated heterocycles. The fraction of sp³-hybridized carbons (Fsp3) is 0.350. The lowest BCUT2D eigenvalue weighted by atomic mass is 9.98. The Labute approximate surface area is 138 Å². The standard InChI is InChI=1S/C20H24O3/c1-13(2)19-9-8-17(11-16(19)5)22-12-20(21)23-18-7-6-14(3)15(4)10-18/h6-11,13H,12H2,1-5H3. The zero-order chi connectivity index (χ0) is 17.0. The number of aryl methyl sites for hydroxylation is 3. The van der Waals surface area contributed by atoms with Gasteiger partial charge < -0.3 is 9.47 Å². The second kappa shape index (κ2) is 7.32. The highest BCUT2D eigenvalue weighted by molar-refractivity contribution is 5.74. The van der Waals surface area contributed by atoms with Gasteiger partial charge in [-0.05, 0) is 73.2 Å². The van der Waals surface area contributed by atoms with Crippen LogP contribution in [0, 0.1) is 20.8 Å². The fourth-order valence-corrected chi connectivity index (χ4v) is 2.47. The first-order valence-electron chi connectivity index (χ1n) is 7.88. The number of hydrogen-bond acceptors (Lipinski definition) is 3. The molecule has 3 heteroatoms. The smallest absolute Gasteiger partial charge is 0.349 e. The Balaban J connectivity index is 1.94. The van der Waals surface area contributed by atoms with Crippen LogP contribution in [-0.2, 0) is 4.79 Å². The van der Waals surface area contributed by atoms with E-state index in [1.54, 1.807) is 6.07 Å². The van der Waals surface area contributed by atoms with Gasteiger partial charge in [-0.2, -0.15) is 0 Å². The number of benzene rings is 2. The van der Waals surface area contributed by atoms with E-state index in [0.717, 1.165) is 5.56 Å². The Hall–Kier alpha value is -2.29. The molecule has 122 valence electrons. The predicted octanol–water partition coefficient (Wildman–Crippen LogP) is 4.72. The van der Waals surface area contributed by atoms with Gasteiger partial charge in [0.25, 0.3) is 0 Å². The molecule has 0 atom stereocenters. The molecule has 0 aromatic heterocycles. The molecule has 2 aromatic carbocycles. The van der Waals surface area contributed by atoms with E-state index in [1.807, 2.05) is 44.2 Å². The average molecular weight is 312 g/mol. The average Bonchev–Trinajstić information content (AvgIpc) is 2.48. The molecule has 0 saturated carbocycles. The van der Waals surface area contributed by atoms with E-state index in [-0.39, 0.29) is 6.61 Å². The van der Waals surface area contributed by atoms with E-state index in [9.17, 15) is 4.79 Å². The van der Waals surface area contributed by atoms with E-state index in [4.69, 9.17) is 9.47 Å². The van der Waals surface area contributed by atoms with Crippen molar-refractivity contribution >= 4 is 5.97 Å². The van der Waals surface area contributed by atoms with Crippen molar-refractivity contribution in [3.63, 3.8) is 0 Å². The third-order valence-electron chi connectivity index (χ3n) is 3.93. The molecule has 0 radical (unpaired) electrons. The lowest BCUT2D eigenvalue weighted by Gasteiger charge is -2.12. The summed E-state index contributed by atoms with van der Waals surface area (Å²) in [5, 5.41) is 0. The van der Waals surface area contributed by atoms with Crippen molar-refractivity contribution in [2.45, 2.75) is 40.5 Å². The van der Waals surface area contributed by atoms with Crippen LogP contribution in [0.4, 0.5) is 0 Å². The summed E-state index contributed by atoms with van der Waals surface area (Å²) < 4.78 is 10.8. The summed E-state index contributed by atoms with van der Waals surface area (Å²) >= 11 is 0. The molecule has 0 N–H and O–H groups in total. The highest BCUT2D eigenvalue weighted by atomic mass is 16.6. The van der Waals surface area contributed by atoms with Gasteiger partial charge in [-0.1, -0.05) is 26.0 Å². The molecular weight excluding hydrogens is 288 g/mol. The molecule has 0 amide bonds. The molecule has 0 heterocycles. The van der Waals surface area contributed by atoms with Crippen LogP contribution in [0.15, 0.2) is 36.4 Å². The first kappa shape index (κ1) is 17.1. The van der Waals surface area contributed by atoms with Gasteiger partial charge in [-0.25, -0.2) is 4.79 Å². The predicted molar refractivity (Wildman–Crippen MR) is 92.3 cm³/mol. The number of rotatable bonds is 5. The Morgan fingerprint density at radius 3 is 2.17 bits per heavy atom. The van der Waals surface area contributed by atoms with Gasteiger partial charge in [0, 0.05) is 0 Å². The molecule has 0 aliphatic rings. The topological polar surface area (TPSA) is 35.5 Å². The Morgan fingerprint density at radius 1 is 0.913 bits per heavy atom. The zero-order valence-corrected chi connectivity index (χ0v) is 14.5. The van der Waals surface area contributed by atoms with Crippen LogP contribution in [-0.4, -0.2) is 12.6 Å². The van der Waals surface area contributed by atoms with Crippen molar-refractivity contribution in [1.29, 1.82) is 0 Å². The summed E-state index contributed by atoms with van der Waals surface area (Å²) in [6.07, 6.45) is 0. The molecular formula is C20H24O3. The fourth-order valence-electron chi connectivity index (χ4n) is 2.47. The van der Waals surface area contributed by atoms with E-state index >= 15 is 0 Å².